The molecule has 3 aromatic rings. The number of allylic oxidation sites excluding steroid dienone is 1. The topological polar surface area (TPSA) is 101 Å². The maximum atomic E-state index is 9.57. The van der Waals surface area contributed by atoms with Crippen LogP contribution in [0.2, 0.25) is 10.0 Å². The van der Waals surface area contributed by atoms with Crippen molar-refractivity contribution in [3.8, 4) is 23.3 Å². The number of nitrogens with one attached hydrogen (secondary N) is 1. The molecule has 0 saturated heterocycles. The molecule has 3 heterocycles. The highest BCUT2D eigenvalue weighted by Crippen LogP contribution is 2.44. The van der Waals surface area contributed by atoms with E-state index in [2.05, 4.69) is 16.3 Å². The smallest absolute Gasteiger partial charge is 0.244 e. The Morgan fingerprint density at radius 3 is 2.85 bits per heavy atom. The molecule has 1 aliphatic rings. The van der Waals surface area contributed by atoms with Crippen molar-refractivity contribution in [1.82, 2.24) is 10.2 Å². The number of fused-ring (bicyclic) bond motifs is 1. The summed E-state index contributed by atoms with van der Waals surface area (Å²) < 4.78 is 11.5. The van der Waals surface area contributed by atoms with Gasteiger partial charge in [0.15, 0.2) is 0 Å². The lowest BCUT2D eigenvalue weighted by Gasteiger charge is -2.21. The molecule has 6 nitrogen and oxygen atoms in total. The predicted molar refractivity (Wildman–Crippen MR) is 96.8 cm³/mol. The van der Waals surface area contributed by atoms with Crippen LogP contribution in [-0.2, 0) is 0 Å². The molecule has 26 heavy (non-hydrogen) atoms. The Bertz CT molecular complexity index is 1090. The van der Waals surface area contributed by atoms with Crippen molar-refractivity contribution in [2.75, 3.05) is 0 Å². The highest BCUT2D eigenvalue weighted by Gasteiger charge is 2.36. The van der Waals surface area contributed by atoms with E-state index in [4.69, 9.17) is 38.1 Å². The summed E-state index contributed by atoms with van der Waals surface area (Å²) in [5.74, 6) is 0.898. The third-order valence-corrected chi connectivity index (χ3v) is 5.08. The fourth-order valence-electron chi connectivity index (χ4n) is 3.03. The van der Waals surface area contributed by atoms with E-state index in [-0.39, 0.29) is 11.5 Å². The predicted octanol–water partition coefficient (Wildman–Crippen LogP) is 4.50. The number of nitrogens with zero attached hydrogens (tertiary/aromatic N) is 2. The first-order valence-corrected chi connectivity index (χ1v) is 8.43. The number of hydrogen-bond donors (Lipinski definition) is 2. The summed E-state index contributed by atoms with van der Waals surface area (Å²) >= 11 is 12.4. The van der Waals surface area contributed by atoms with Gasteiger partial charge in [0, 0.05) is 11.3 Å². The van der Waals surface area contributed by atoms with E-state index >= 15 is 0 Å². The fourth-order valence-corrected chi connectivity index (χ4v) is 3.42. The lowest BCUT2D eigenvalue weighted by Crippen LogP contribution is -2.20. The SMILES string of the molecule is Cc1[nH]nc2c1C(c1ccc(-c3cccc(Cl)c3Cl)o1)C(C#N)=C(N)O2. The van der Waals surface area contributed by atoms with Crippen LogP contribution < -0.4 is 10.5 Å². The Morgan fingerprint density at radius 1 is 1.27 bits per heavy atom. The summed E-state index contributed by atoms with van der Waals surface area (Å²) in [4.78, 5) is 0. The van der Waals surface area contributed by atoms with Crippen molar-refractivity contribution < 1.29 is 9.15 Å². The molecular formula is C18H12Cl2N4O2. The van der Waals surface area contributed by atoms with Gasteiger partial charge < -0.3 is 14.9 Å². The van der Waals surface area contributed by atoms with E-state index in [0.29, 0.717) is 38.6 Å². The van der Waals surface area contributed by atoms with E-state index in [0.717, 1.165) is 5.69 Å². The third-order valence-electron chi connectivity index (χ3n) is 4.26. The Hall–Kier alpha value is -2.88. The molecule has 0 bridgehead atoms. The van der Waals surface area contributed by atoms with Crippen LogP contribution in [0, 0.1) is 18.3 Å². The number of H-pyrrole nitrogens is 1. The van der Waals surface area contributed by atoms with Crippen LogP contribution in [-0.4, -0.2) is 10.2 Å². The van der Waals surface area contributed by atoms with Crippen molar-refractivity contribution >= 4 is 23.2 Å². The normalized spacial score (nSPS) is 16.2. The number of rotatable bonds is 2. The third kappa shape index (κ3) is 2.45. The fraction of sp³-hybridized carbons (Fsp3) is 0.111. The number of nitriles is 1. The van der Waals surface area contributed by atoms with Gasteiger partial charge in [-0.25, -0.2) is 0 Å². The maximum Gasteiger partial charge on any atom is 0.244 e. The number of ether oxygens (including phenoxy) is 1. The number of halogens is 2. The van der Waals surface area contributed by atoms with Crippen LogP contribution in [0.15, 0.2) is 46.2 Å². The van der Waals surface area contributed by atoms with Gasteiger partial charge in [-0.15, -0.1) is 5.10 Å². The highest BCUT2D eigenvalue weighted by molar-refractivity contribution is 6.43. The number of hydrogen-bond acceptors (Lipinski definition) is 5. The summed E-state index contributed by atoms with van der Waals surface area (Å²) in [7, 11) is 0. The zero-order valence-electron chi connectivity index (χ0n) is 13.5. The quantitative estimate of drug-likeness (QED) is 0.674. The Labute approximate surface area is 158 Å². The molecule has 1 unspecified atom stereocenters. The van der Waals surface area contributed by atoms with Gasteiger partial charge in [0.25, 0.3) is 0 Å². The molecule has 130 valence electrons. The molecule has 1 aliphatic heterocycles. The van der Waals surface area contributed by atoms with Gasteiger partial charge in [0.05, 0.1) is 21.5 Å². The minimum atomic E-state index is -0.519. The van der Waals surface area contributed by atoms with E-state index in [1.807, 2.05) is 13.0 Å². The second-order valence-electron chi connectivity index (χ2n) is 5.80. The molecule has 1 atom stereocenters. The molecule has 0 fully saturated rings. The Balaban J connectivity index is 1.86. The minimum Gasteiger partial charge on any atom is -0.460 e. The zero-order chi connectivity index (χ0) is 18.4. The number of aromatic amines is 1. The molecule has 3 N–H and O–H groups in total. The average Bonchev–Trinajstić information content (AvgIpc) is 3.24. The molecule has 4 rings (SSSR count). The minimum absolute atomic E-state index is 0.00948. The van der Waals surface area contributed by atoms with Gasteiger partial charge in [-0.2, -0.15) is 5.26 Å². The van der Waals surface area contributed by atoms with Gasteiger partial charge in [-0.05, 0) is 31.2 Å². The van der Waals surface area contributed by atoms with Crippen LogP contribution in [0.5, 0.6) is 5.88 Å². The van der Waals surface area contributed by atoms with E-state index in [9.17, 15) is 5.26 Å². The molecule has 0 aliphatic carbocycles. The Kier molecular flexibility index (Phi) is 3.91. The van der Waals surface area contributed by atoms with Gasteiger partial charge in [0.1, 0.15) is 23.2 Å². The van der Waals surface area contributed by atoms with Gasteiger partial charge in [-0.1, -0.05) is 29.3 Å². The van der Waals surface area contributed by atoms with Crippen molar-refractivity contribution in [3.63, 3.8) is 0 Å². The highest BCUT2D eigenvalue weighted by atomic mass is 35.5. The standard InChI is InChI=1S/C18H12Cl2N4O2/c1-8-14-15(10(7-21)17(22)26-18(14)24-23-8)13-6-5-12(25-13)9-3-2-4-11(19)16(9)20/h2-6,15H,22H2,1H3,(H,23,24). The van der Waals surface area contributed by atoms with Gasteiger partial charge in [0.2, 0.25) is 11.8 Å². The summed E-state index contributed by atoms with van der Waals surface area (Å²) in [5.41, 5.74) is 8.32. The Morgan fingerprint density at radius 2 is 2.08 bits per heavy atom. The first-order chi connectivity index (χ1) is 12.5. The van der Waals surface area contributed by atoms with Crippen LogP contribution >= 0.6 is 23.2 Å². The van der Waals surface area contributed by atoms with Crippen molar-refractivity contribution in [3.05, 3.63) is 68.9 Å². The number of furan rings is 1. The lowest BCUT2D eigenvalue weighted by atomic mass is 9.88. The zero-order valence-corrected chi connectivity index (χ0v) is 15.0. The molecule has 0 spiro atoms. The van der Waals surface area contributed by atoms with Crippen molar-refractivity contribution in [1.29, 1.82) is 5.26 Å². The average molecular weight is 387 g/mol. The molecule has 0 saturated carbocycles. The summed E-state index contributed by atoms with van der Waals surface area (Å²) in [6, 6.07) is 11.0. The number of aryl methyl sites for hydroxylation is 1. The summed E-state index contributed by atoms with van der Waals surface area (Å²) in [6.45, 7) is 1.84. The molecule has 0 amide bonds. The lowest BCUT2D eigenvalue weighted by molar-refractivity contribution is 0.371. The summed E-state index contributed by atoms with van der Waals surface area (Å²) in [6.07, 6.45) is 0. The largest absolute Gasteiger partial charge is 0.460 e. The van der Waals surface area contributed by atoms with E-state index in [1.165, 1.54) is 0 Å². The first-order valence-electron chi connectivity index (χ1n) is 7.67. The number of nitrogens with two attached hydrogens (primary N) is 1. The van der Waals surface area contributed by atoms with Crippen LogP contribution in [0.1, 0.15) is 22.9 Å². The second-order valence-corrected chi connectivity index (χ2v) is 6.58. The van der Waals surface area contributed by atoms with Crippen molar-refractivity contribution in [2.45, 2.75) is 12.8 Å². The van der Waals surface area contributed by atoms with Crippen LogP contribution in [0.4, 0.5) is 0 Å². The second kappa shape index (κ2) is 6.13. The van der Waals surface area contributed by atoms with Crippen LogP contribution in [0.25, 0.3) is 11.3 Å². The number of aromatic nitrogens is 2. The molecule has 8 heteroatoms. The van der Waals surface area contributed by atoms with Gasteiger partial charge >= 0.3 is 0 Å². The van der Waals surface area contributed by atoms with Crippen LogP contribution in [0.3, 0.4) is 0 Å². The maximum absolute atomic E-state index is 9.57. The van der Waals surface area contributed by atoms with E-state index in [1.54, 1.807) is 24.3 Å². The summed E-state index contributed by atoms with van der Waals surface area (Å²) in [5, 5.41) is 17.3. The van der Waals surface area contributed by atoms with Crippen molar-refractivity contribution in [2.24, 2.45) is 5.73 Å². The molecule has 1 aromatic carbocycles. The molecule has 0 radical (unpaired) electrons. The number of benzene rings is 1. The first kappa shape index (κ1) is 16.6. The van der Waals surface area contributed by atoms with E-state index < -0.39 is 5.92 Å². The van der Waals surface area contributed by atoms with Gasteiger partial charge in [-0.3, -0.25) is 5.10 Å². The monoisotopic (exact) mass is 386 g/mol. The molecular weight excluding hydrogens is 375 g/mol. The molecule has 2 aromatic heterocycles.